The Kier molecular flexibility index (Phi) is 7.22. The molecule has 1 saturated heterocycles. The van der Waals surface area contributed by atoms with Crippen LogP contribution in [0, 0.1) is 0 Å². The number of morpholine rings is 1. The Morgan fingerprint density at radius 3 is 2.61 bits per heavy atom. The van der Waals surface area contributed by atoms with E-state index in [4.69, 9.17) is 41.9 Å². The summed E-state index contributed by atoms with van der Waals surface area (Å²) in [6, 6.07) is 6.97. The van der Waals surface area contributed by atoms with Crippen LogP contribution in [0.1, 0.15) is 10.6 Å². The molecule has 0 unspecified atom stereocenters. The number of halogens is 2. The molecule has 3 heterocycles. The predicted molar refractivity (Wildman–Crippen MR) is 126 cm³/mol. The van der Waals surface area contributed by atoms with Gasteiger partial charge in [-0.2, -0.15) is 0 Å². The van der Waals surface area contributed by atoms with Crippen molar-refractivity contribution in [2.45, 2.75) is 0 Å². The maximum Gasteiger partial charge on any atom is 0.294 e. The number of methoxy groups -OCH3 is 1. The number of pyridine rings is 1. The van der Waals surface area contributed by atoms with Crippen molar-refractivity contribution in [1.29, 1.82) is 0 Å². The van der Waals surface area contributed by atoms with Crippen LogP contribution in [-0.2, 0) is 9.57 Å². The largest absolute Gasteiger partial charge is 0.496 e. The van der Waals surface area contributed by atoms with Gasteiger partial charge in [0.15, 0.2) is 11.6 Å². The van der Waals surface area contributed by atoms with Gasteiger partial charge in [0.05, 0.1) is 48.0 Å². The monoisotopic (exact) mass is 492 g/mol. The molecule has 0 radical (unpaired) electrons. The number of carbonyl (C=O) groups excluding carboxylic acids is 1. The second-order valence-corrected chi connectivity index (χ2v) is 7.93. The number of hydrogen-bond donors (Lipinski definition) is 0. The zero-order chi connectivity index (χ0) is 23.4. The van der Waals surface area contributed by atoms with Crippen LogP contribution < -0.4 is 9.64 Å². The van der Waals surface area contributed by atoms with Gasteiger partial charge in [-0.25, -0.2) is 0 Å². The second kappa shape index (κ2) is 10.3. The van der Waals surface area contributed by atoms with E-state index >= 15 is 0 Å². The van der Waals surface area contributed by atoms with Gasteiger partial charge in [0.2, 0.25) is 0 Å². The molecule has 0 aliphatic carbocycles. The SMILES string of the molecule is CO/N=C(/CN(C(=O)c1cc2c(OC)cccc2o1)c1c(Cl)cncc1Cl)N1CCOCC1. The number of anilines is 1. The van der Waals surface area contributed by atoms with Crippen LogP contribution in [0.2, 0.25) is 10.0 Å². The normalized spacial score (nSPS) is 14.4. The number of furan rings is 1. The van der Waals surface area contributed by atoms with Gasteiger partial charge in [0, 0.05) is 31.5 Å². The number of oxime groups is 1. The number of ether oxygens (including phenoxy) is 2. The summed E-state index contributed by atoms with van der Waals surface area (Å²) in [7, 11) is 3.01. The summed E-state index contributed by atoms with van der Waals surface area (Å²) in [5.74, 6) is 0.751. The van der Waals surface area contributed by atoms with Gasteiger partial charge in [-0.15, -0.1) is 0 Å². The Morgan fingerprint density at radius 2 is 1.94 bits per heavy atom. The maximum absolute atomic E-state index is 13.8. The molecule has 0 spiro atoms. The van der Waals surface area contributed by atoms with Gasteiger partial charge in [-0.3, -0.25) is 14.7 Å². The molecular weight excluding hydrogens is 471 g/mol. The number of amidine groups is 1. The Balaban J connectivity index is 1.77. The number of nitrogens with zero attached hydrogens (tertiary/aromatic N) is 4. The first kappa shape index (κ1) is 23.2. The van der Waals surface area contributed by atoms with Crippen molar-refractivity contribution in [2.75, 3.05) is 52.0 Å². The average Bonchev–Trinajstić information content (AvgIpc) is 3.27. The minimum atomic E-state index is -0.458. The number of hydrogen-bond acceptors (Lipinski definition) is 7. The first-order chi connectivity index (χ1) is 16.0. The highest BCUT2D eigenvalue weighted by atomic mass is 35.5. The van der Waals surface area contributed by atoms with Gasteiger partial charge in [-0.05, 0) is 12.1 Å². The van der Waals surface area contributed by atoms with E-state index in [2.05, 4.69) is 10.1 Å². The summed E-state index contributed by atoms with van der Waals surface area (Å²) in [5.41, 5.74) is 0.811. The third-order valence-corrected chi connectivity index (χ3v) is 5.72. The Bertz CT molecular complexity index is 1160. The fourth-order valence-electron chi connectivity index (χ4n) is 3.62. The number of benzene rings is 1. The van der Waals surface area contributed by atoms with Crippen molar-refractivity contribution in [2.24, 2.45) is 5.16 Å². The molecule has 33 heavy (non-hydrogen) atoms. The number of carbonyl (C=O) groups is 1. The molecule has 1 aliphatic rings. The van der Waals surface area contributed by atoms with E-state index < -0.39 is 5.91 Å². The van der Waals surface area contributed by atoms with E-state index in [1.807, 2.05) is 4.90 Å². The summed E-state index contributed by atoms with van der Waals surface area (Å²) in [5, 5.41) is 5.26. The van der Waals surface area contributed by atoms with Crippen LogP contribution in [-0.4, -0.2) is 68.7 Å². The van der Waals surface area contributed by atoms with Crippen molar-refractivity contribution in [3.8, 4) is 5.75 Å². The van der Waals surface area contributed by atoms with Crippen LogP contribution in [0.15, 0.2) is 46.2 Å². The molecule has 3 aromatic rings. The van der Waals surface area contributed by atoms with Crippen molar-refractivity contribution in [1.82, 2.24) is 9.88 Å². The lowest BCUT2D eigenvalue weighted by Crippen LogP contribution is -2.47. The standard InChI is InChI=1S/C22H22Cl2N4O5/c1-30-17-4-3-5-18-14(17)10-19(33-18)22(29)28(21-15(23)11-25-12-16(21)24)13-20(26-31-2)27-6-8-32-9-7-27/h3-5,10-12H,6-9,13H2,1-2H3/b26-20-. The van der Waals surface area contributed by atoms with E-state index in [-0.39, 0.29) is 22.4 Å². The van der Waals surface area contributed by atoms with Crippen molar-refractivity contribution >= 4 is 51.6 Å². The Morgan fingerprint density at radius 1 is 1.21 bits per heavy atom. The zero-order valence-electron chi connectivity index (χ0n) is 18.1. The van der Waals surface area contributed by atoms with E-state index in [9.17, 15) is 4.79 Å². The first-order valence-corrected chi connectivity index (χ1v) is 10.9. The minimum absolute atomic E-state index is 0.0321. The highest BCUT2D eigenvalue weighted by Crippen LogP contribution is 2.35. The highest BCUT2D eigenvalue weighted by Gasteiger charge is 2.29. The molecule has 9 nitrogen and oxygen atoms in total. The summed E-state index contributed by atoms with van der Waals surface area (Å²) in [6.45, 7) is 2.31. The molecule has 0 bridgehead atoms. The summed E-state index contributed by atoms with van der Waals surface area (Å²) < 4.78 is 16.7. The fraction of sp³-hybridized carbons (Fsp3) is 0.318. The number of rotatable bonds is 6. The lowest BCUT2D eigenvalue weighted by molar-refractivity contribution is 0.0649. The van der Waals surface area contributed by atoms with E-state index in [0.29, 0.717) is 54.5 Å². The van der Waals surface area contributed by atoms with Crippen molar-refractivity contribution in [3.05, 3.63) is 52.5 Å². The fourth-order valence-corrected chi connectivity index (χ4v) is 4.19. The van der Waals surface area contributed by atoms with Gasteiger partial charge >= 0.3 is 0 Å². The summed E-state index contributed by atoms with van der Waals surface area (Å²) in [6.07, 6.45) is 2.85. The van der Waals surface area contributed by atoms with E-state index in [0.717, 1.165) is 0 Å². The van der Waals surface area contributed by atoms with E-state index in [1.165, 1.54) is 24.4 Å². The molecule has 0 atom stereocenters. The Hall–Kier alpha value is -3.01. The number of aromatic nitrogens is 1. The van der Waals surface area contributed by atoms with Crippen LogP contribution >= 0.6 is 23.2 Å². The van der Waals surface area contributed by atoms with Gasteiger partial charge < -0.3 is 23.6 Å². The van der Waals surface area contributed by atoms with Crippen LogP contribution in [0.25, 0.3) is 11.0 Å². The Labute approximate surface area is 200 Å². The second-order valence-electron chi connectivity index (χ2n) is 7.12. The quantitative estimate of drug-likeness (QED) is 0.290. The smallest absolute Gasteiger partial charge is 0.294 e. The van der Waals surface area contributed by atoms with Crippen molar-refractivity contribution < 1.29 is 23.5 Å². The lowest BCUT2D eigenvalue weighted by atomic mass is 10.2. The molecule has 1 aliphatic heterocycles. The lowest BCUT2D eigenvalue weighted by Gasteiger charge is -2.32. The average molecular weight is 493 g/mol. The van der Waals surface area contributed by atoms with Gasteiger partial charge in [0.25, 0.3) is 5.91 Å². The van der Waals surface area contributed by atoms with Crippen LogP contribution in [0.3, 0.4) is 0 Å². The van der Waals surface area contributed by atoms with Crippen LogP contribution in [0.5, 0.6) is 5.75 Å². The minimum Gasteiger partial charge on any atom is -0.496 e. The van der Waals surface area contributed by atoms with Gasteiger partial charge in [-0.1, -0.05) is 34.4 Å². The molecule has 4 rings (SSSR count). The molecular formula is C22H22Cl2N4O5. The molecule has 1 amide bonds. The van der Waals surface area contributed by atoms with Gasteiger partial charge in [0.1, 0.15) is 18.4 Å². The molecule has 174 valence electrons. The van der Waals surface area contributed by atoms with Crippen molar-refractivity contribution in [3.63, 3.8) is 0 Å². The molecule has 2 aromatic heterocycles. The summed E-state index contributed by atoms with van der Waals surface area (Å²) in [4.78, 5) is 26.2. The topological polar surface area (TPSA) is 89.6 Å². The predicted octanol–water partition coefficient (Wildman–Crippen LogP) is 4.08. The number of amides is 1. The molecule has 0 saturated carbocycles. The van der Waals surface area contributed by atoms with Crippen LogP contribution in [0.4, 0.5) is 5.69 Å². The first-order valence-electron chi connectivity index (χ1n) is 10.1. The highest BCUT2D eigenvalue weighted by molar-refractivity contribution is 6.40. The maximum atomic E-state index is 13.8. The third-order valence-electron chi connectivity index (χ3n) is 5.17. The third kappa shape index (κ3) is 4.85. The number of fused-ring (bicyclic) bond motifs is 1. The summed E-state index contributed by atoms with van der Waals surface area (Å²) >= 11 is 12.9. The molecule has 1 aromatic carbocycles. The molecule has 11 heteroatoms. The molecule has 1 fully saturated rings. The van der Waals surface area contributed by atoms with E-state index in [1.54, 1.807) is 31.4 Å². The molecule has 0 N–H and O–H groups in total. The zero-order valence-corrected chi connectivity index (χ0v) is 19.6.